The van der Waals surface area contributed by atoms with E-state index in [1.54, 1.807) is 24.3 Å². The third-order valence-corrected chi connectivity index (χ3v) is 1.86. The molecular formula is C9H9N5O2. The molecule has 0 saturated heterocycles. The van der Waals surface area contributed by atoms with Crippen LogP contribution in [0.1, 0.15) is 0 Å². The first kappa shape index (κ1) is 9.97. The van der Waals surface area contributed by atoms with E-state index in [9.17, 15) is 9.59 Å². The van der Waals surface area contributed by atoms with Gasteiger partial charge in [0, 0.05) is 11.4 Å². The van der Waals surface area contributed by atoms with Crippen LogP contribution >= 0.6 is 0 Å². The molecule has 0 fully saturated rings. The Labute approximate surface area is 89.3 Å². The lowest BCUT2D eigenvalue weighted by molar-refractivity contribution is 0.897. The van der Waals surface area contributed by atoms with Gasteiger partial charge in [-0.3, -0.25) is 9.78 Å². The first-order valence-electron chi connectivity index (χ1n) is 4.47. The summed E-state index contributed by atoms with van der Waals surface area (Å²) in [5.41, 5.74) is 5.51. The van der Waals surface area contributed by atoms with Crippen LogP contribution in [0.25, 0.3) is 0 Å². The van der Waals surface area contributed by atoms with Gasteiger partial charge in [-0.15, -0.1) is 5.10 Å². The van der Waals surface area contributed by atoms with Gasteiger partial charge in [0.2, 0.25) is 5.82 Å². The van der Waals surface area contributed by atoms with Crippen molar-refractivity contribution >= 4 is 17.2 Å². The molecule has 0 aliphatic carbocycles. The maximum atomic E-state index is 11.3. The lowest BCUT2D eigenvalue weighted by Crippen LogP contribution is -2.25. The summed E-state index contributed by atoms with van der Waals surface area (Å²) in [6, 6.07) is 6.82. The highest BCUT2D eigenvalue weighted by molar-refractivity contribution is 5.60. The summed E-state index contributed by atoms with van der Waals surface area (Å²) in [4.78, 5) is 24.1. The molecule has 16 heavy (non-hydrogen) atoms. The molecule has 0 atom stereocenters. The van der Waals surface area contributed by atoms with Crippen LogP contribution in [0.15, 0.2) is 33.9 Å². The molecule has 5 N–H and O–H groups in total. The van der Waals surface area contributed by atoms with Crippen molar-refractivity contribution in [1.82, 2.24) is 15.2 Å². The fourth-order valence-corrected chi connectivity index (χ4v) is 1.19. The third kappa shape index (κ3) is 2.08. The van der Waals surface area contributed by atoms with Gasteiger partial charge in [-0.2, -0.15) is 0 Å². The summed E-state index contributed by atoms with van der Waals surface area (Å²) in [6.45, 7) is 0. The highest BCUT2D eigenvalue weighted by atomic mass is 16.2. The topological polar surface area (TPSA) is 117 Å². The summed E-state index contributed by atoms with van der Waals surface area (Å²) >= 11 is 0. The Bertz CT molecular complexity index is 616. The molecule has 82 valence electrons. The molecule has 1 aromatic heterocycles. The maximum Gasteiger partial charge on any atom is 0.342 e. The number of aromatic nitrogens is 3. The zero-order valence-electron chi connectivity index (χ0n) is 8.15. The maximum absolute atomic E-state index is 11.3. The van der Waals surface area contributed by atoms with Crippen LogP contribution < -0.4 is 22.3 Å². The van der Waals surface area contributed by atoms with E-state index in [0.29, 0.717) is 11.4 Å². The normalized spacial score (nSPS) is 10.0. The first-order valence-corrected chi connectivity index (χ1v) is 4.47. The Morgan fingerprint density at radius 2 is 2.12 bits per heavy atom. The number of nitrogens with zero attached hydrogens (tertiary/aromatic N) is 1. The van der Waals surface area contributed by atoms with E-state index in [0.717, 1.165) is 0 Å². The van der Waals surface area contributed by atoms with E-state index < -0.39 is 11.2 Å². The molecule has 0 amide bonds. The van der Waals surface area contributed by atoms with Crippen molar-refractivity contribution in [2.24, 2.45) is 0 Å². The van der Waals surface area contributed by atoms with Crippen molar-refractivity contribution < 1.29 is 0 Å². The SMILES string of the molecule is Nc1cccc(Nc2n[nH]c(=O)[nH]c2=O)c1. The molecule has 2 rings (SSSR count). The van der Waals surface area contributed by atoms with Crippen molar-refractivity contribution in [3.8, 4) is 0 Å². The van der Waals surface area contributed by atoms with Crippen LogP contribution in [0.2, 0.25) is 0 Å². The van der Waals surface area contributed by atoms with Gasteiger partial charge in [0.1, 0.15) is 0 Å². The second kappa shape index (κ2) is 3.89. The predicted molar refractivity (Wildman–Crippen MR) is 59.6 cm³/mol. The van der Waals surface area contributed by atoms with E-state index in [1.807, 2.05) is 0 Å². The second-order valence-corrected chi connectivity index (χ2v) is 3.11. The van der Waals surface area contributed by atoms with E-state index in [4.69, 9.17) is 5.73 Å². The van der Waals surface area contributed by atoms with Crippen molar-refractivity contribution in [3.05, 3.63) is 45.1 Å². The number of H-pyrrole nitrogens is 2. The molecule has 7 heteroatoms. The molecule has 0 unspecified atom stereocenters. The molecular weight excluding hydrogens is 210 g/mol. The fourth-order valence-electron chi connectivity index (χ4n) is 1.19. The fraction of sp³-hybridized carbons (Fsp3) is 0. The standard InChI is InChI=1S/C9H9N5O2/c10-5-2-1-3-6(4-5)11-7-8(15)12-9(16)14-13-7/h1-4H,10H2,(H,11,13)(H2,12,14,15,16). The molecule has 0 spiro atoms. The Balaban J connectivity index is 2.34. The highest BCUT2D eigenvalue weighted by Crippen LogP contribution is 2.13. The van der Waals surface area contributed by atoms with Crippen LogP contribution in [-0.4, -0.2) is 15.2 Å². The van der Waals surface area contributed by atoms with Crippen LogP contribution in [0.5, 0.6) is 0 Å². The van der Waals surface area contributed by atoms with E-state index in [-0.39, 0.29) is 5.82 Å². The lowest BCUT2D eigenvalue weighted by Gasteiger charge is -2.03. The average molecular weight is 219 g/mol. The second-order valence-electron chi connectivity index (χ2n) is 3.11. The van der Waals surface area contributed by atoms with Crippen LogP contribution in [-0.2, 0) is 0 Å². The average Bonchev–Trinajstić information content (AvgIpc) is 2.22. The lowest BCUT2D eigenvalue weighted by atomic mass is 10.3. The number of hydrogen-bond acceptors (Lipinski definition) is 5. The van der Waals surface area contributed by atoms with Crippen LogP contribution in [0.4, 0.5) is 17.2 Å². The monoisotopic (exact) mass is 219 g/mol. The quantitative estimate of drug-likeness (QED) is 0.521. The highest BCUT2D eigenvalue weighted by Gasteiger charge is 2.02. The van der Waals surface area contributed by atoms with Gasteiger partial charge in [-0.1, -0.05) is 6.07 Å². The van der Waals surface area contributed by atoms with Gasteiger partial charge in [0.05, 0.1) is 0 Å². The minimum absolute atomic E-state index is 0.00481. The van der Waals surface area contributed by atoms with Gasteiger partial charge in [-0.25, -0.2) is 9.89 Å². The number of nitrogens with two attached hydrogens (primary N) is 1. The summed E-state index contributed by atoms with van der Waals surface area (Å²) in [6.07, 6.45) is 0. The van der Waals surface area contributed by atoms with Crippen LogP contribution in [0, 0.1) is 0 Å². The minimum Gasteiger partial charge on any atom is -0.399 e. The molecule has 1 heterocycles. The zero-order chi connectivity index (χ0) is 11.5. The van der Waals surface area contributed by atoms with Crippen molar-refractivity contribution in [2.75, 3.05) is 11.1 Å². The smallest absolute Gasteiger partial charge is 0.342 e. The molecule has 0 bridgehead atoms. The zero-order valence-corrected chi connectivity index (χ0v) is 8.15. The molecule has 0 aliphatic rings. The molecule has 7 nitrogen and oxygen atoms in total. The van der Waals surface area contributed by atoms with E-state index in [2.05, 4.69) is 20.5 Å². The number of nitrogens with one attached hydrogen (secondary N) is 3. The Morgan fingerprint density at radius 1 is 1.31 bits per heavy atom. The van der Waals surface area contributed by atoms with Gasteiger partial charge in [-0.05, 0) is 18.2 Å². The number of aromatic amines is 2. The van der Waals surface area contributed by atoms with E-state index >= 15 is 0 Å². The van der Waals surface area contributed by atoms with Gasteiger partial charge in [0.15, 0.2) is 0 Å². The van der Waals surface area contributed by atoms with Gasteiger partial charge >= 0.3 is 5.69 Å². The number of benzene rings is 1. The Hall–Kier alpha value is -2.57. The Kier molecular flexibility index (Phi) is 2.42. The van der Waals surface area contributed by atoms with Crippen LogP contribution in [0.3, 0.4) is 0 Å². The minimum atomic E-state index is -0.650. The largest absolute Gasteiger partial charge is 0.399 e. The number of hydrogen-bond donors (Lipinski definition) is 4. The van der Waals surface area contributed by atoms with Gasteiger partial charge in [0.25, 0.3) is 5.56 Å². The third-order valence-electron chi connectivity index (χ3n) is 1.86. The molecule has 0 aliphatic heterocycles. The van der Waals surface area contributed by atoms with E-state index in [1.165, 1.54) is 0 Å². The number of rotatable bonds is 2. The van der Waals surface area contributed by atoms with Gasteiger partial charge < -0.3 is 11.1 Å². The van der Waals surface area contributed by atoms with Crippen molar-refractivity contribution in [3.63, 3.8) is 0 Å². The Morgan fingerprint density at radius 3 is 2.81 bits per heavy atom. The molecule has 2 aromatic rings. The summed E-state index contributed by atoms with van der Waals surface area (Å²) in [5, 5.41) is 8.43. The van der Waals surface area contributed by atoms with Crippen molar-refractivity contribution in [1.29, 1.82) is 0 Å². The molecule has 0 saturated carbocycles. The number of anilines is 3. The number of nitrogen functional groups attached to an aromatic ring is 1. The summed E-state index contributed by atoms with van der Waals surface area (Å²) < 4.78 is 0. The molecule has 0 radical (unpaired) electrons. The summed E-state index contributed by atoms with van der Waals surface area (Å²) in [7, 11) is 0. The molecule has 1 aromatic carbocycles. The van der Waals surface area contributed by atoms with Crippen molar-refractivity contribution in [2.45, 2.75) is 0 Å². The summed E-state index contributed by atoms with van der Waals surface area (Å²) in [5.74, 6) is 0.00481. The first-order chi connectivity index (χ1) is 7.65. The predicted octanol–water partition coefficient (Wildman–Crippen LogP) is -0.216.